The lowest BCUT2D eigenvalue weighted by Gasteiger charge is -2.42. The first kappa shape index (κ1) is 24.0. The summed E-state index contributed by atoms with van der Waals surface area (Å²) in [7, 11) is 3.27. The van der Waals surface area contributed by atoms with Crippen LogP contribution in [0.5, 0.6) is 11.5 Å². The van der Waals surface area contributed by atoms with Crippen molar-refractivity contribution in [3.05, 3.63) is 59.9 Å². The summed E-state index contributed by atoms with van der Waals surface area (Å²) >= 11 is 0. The number of morpholine rings is 1. The molecule has 2 aromatic carbocycles. The van der Waals surface area contributed by atoms with Crippen molar-refractivity contribution in [1.29, 1.82) is 0 Å². The minimum Gasteiger partial charge on any atom is -0.497 e. The molecular weight excluding hydrogens is 458 g/mol. The Morgan fingerprint density at radius 3 is 2.61 bits per heavy atom. The van der Waals surface area contributed by atoms with Crippen molar-refractivity contribution in [3.8, 4) is 11.5 Å². The van der Waals surface area contributed by atoms with Crippen LogP contribution in [0.15, 0.2) is 54.3 Å². The van der Waals surface area contributed by atoms with E-state index in [0.29, 0.717) is 31.0 Å². The molecule has 0 bridgehead atoms. The molecule has 0 radical (unpaired) electrons. The molecule has 8 nitrogen and oxygen atoms in total. The lowest BCUT2D eigenvalue weighted by atomic mass is 9.82. The average molecular weight is 492 g/mol. The van der Waals surface area contributed by atoms with Gasteiger partial charge in [-0.25, -0.2) is 0 Å². The number of fused-ring (bicyclic) bond motifs is 1. The van der Waals surface area contributed by atoms with Gasteiger partial charge in [-0.2, -0.15) is 0 Å². The highest BCUT2D eigenvalue weighted by molar-refractivity contribution is 5.97. The minimum absolute atomic E-state index is 0.0988. The van der Waals surface area contributed by atoms with Crippen LogP contribution in [-0.4, -0.2) is 69.3 Å². The Balaban J connectivity index is 1.17. The molecule has 1 aliphatic carbocycles. The molecule has 3 atom stereocenters. The quantitative estimate of drug-likeness (QED) is 0.648. The Morgan fingerprint density at radius 1 is 1.03 bits per heavy atom. The summed E-state index contributed by atoms with van der Waals surface area (Å²) in [6.07, 6.45) is 3.69. The third-order valence-electron chi connectivity index (χ3n) is 7.39. The van der Waals surface area contributed by atoms with Gasteiger partial charge in [-0.3, -0.25) is 9.59 Å². The zero-order valence-corrected chi connectivity index (χ0v) is 20.8. The van der Waals surface area contributed by atoms with Gasteiger partial charge < -0.3 is 29.3 Å². The molecule has 8 heteroatoms. The monoisotopic (exact) mass is 491 g/mol. The lowest BCUT2D eigenvalue weighted by molar-refractivity contribution is -0.141. The maximum atomic E-state index is 13.3. The summed E-state index contributed by atoms with van der Waals surface area (Å²) in [6, 6.07) is 15.4. The Labute approximate surface area is 211 Å². The highest BCUT2D eigenvalue weighted by atomic mass is 16.5. The van der Waals surface area contributed by atoms with Gasteiger partial charge in [0.15, 0.2) is 5.76 Å². The number of rotatable bonds is 5. The van der Waals surface area contributed by atoms with Gasteiger partial charge >= 0.3 is 0 Å². The molecule has 0 aromatic heterocycles. The Hall–Kier alpha value is -3.68. The van der Waals surface area contributed by atoms with E-state index >= 15 is 0 Å². The molecule has 2 saturated heterocycles. The molecule has 36 heavy (non-hydrogen) atoms. The predicted molar refractivity (Wildman–Crippen MR) is 137 cm³/mol. The van der Waals surface area contributed by atoms with Crippen LogP contribution in [0.1, 0.15) is 24.8 Å². The largest absolute Gasteiger partial charge is 0.497 e. The number of carbonyl (C=O) groups is 2. The number of piperazine rings is 1. The smallest absolute Gasteiger partial charge is 0.286 e. The SMILES string of the molecule is COc1cccc(N2CCN(C(=O)C3CCC4O/C(=C/c5ccccc5OC)C(=O)NC4C3)CC2)c1. The molecule has 0 spiro atoms. The van der Waals surface area contributed by atoms with Crippen LogP contribution in [0, 0.1) is 5.92 Å². The highest BCUT2D eigenvalue weighted by Crippen LogP contribution is 2.33. The number of carbonyl (C=O) groups excluding carboxylic acids is 2. The summed E-state index contributed by atoms with van der Waals surface area (Å²) in [5.41, 5.74) is 1.90. The van der Waals surface area contributed by atoms with Crippen molar-refractivity contribution in [3.63, 3.8) is 0 Å². The normalized spacial score (nSPS) is 25.0. The summed E-state index contributed by atoms with van der Waals surface area (Å²) in [5.74, 6) is 1.65. The molecule has 3 unspecified atom stereocenters. The van der Waals surface area contributed by atoms with Crippen LogP contribution in [-0.2, 0) is 14.3 Å². The average Bonchev–Trinajstić information content (AvgIpc) is 2.93. The van der Waals surface area contributed by atoms with Crippen molar-refractivity contribution in [1.82, 2.24) is 10.2 Å². The fraction of sp³-hybridized carbons (Fsp3) is 0.429. The van der Waals surface area contributed by atoms with E-state index < -0.39 is 0 Å². The van der Waals surface area contributed by atoms with Crippen LogP contribution < -0.4 is 19.7 Å². The maximum absolute atomic E-state index is 13.3. The zero-order valence-electron chi connectivity index (χ0n) is 20.8. The second-order valence-electron chi connectivity index (χ2n) is 9.51. The van der Waals surface area contributed by atoms with E-state index in [1.807, 2.05) is 47.4 Å². The molecule has 2 heterocycles. The second kappa shape index (κ2) is 10.5. The number of anilines is 1. The van der Waals surface area contributed by atoms with Gasteiger partial charge in [0.1, 0.15) is 17.6 Å². The Morgan fingerprint density at radius 2 is 1.83 bits per heavy atom. The standard InChI is InChI=1S/C28H33N3O5/c1-34-22-8-5-7-21(18-22)30-12-14-31(15-13-30)28(33)20-10-11-25-23(16-20)29-27(32)26(36-25)17-19-6-3-4-9-24(19)35-2/h3-9,17-18,20,23,25H,10-16H2,1-2H3,(H,29,32)/b26-17+. The van der Waals surface area contributed by atoms with Crippen LogP contribution in [0.3, 0.4) is 0 Å². The first-order chi connectivity index (χ1) is 17.6. The maximum Gasteiger partial charge on any atom is 0.286 e. The van der Waals surface area contributed by atoms with E-state index in [1.165, 1.54) is 0 Å². The third kappa shape index (κ3) is 4.98. The molecule has 3 aliphatic rings. The first-order valence-electron chi connectivity index (χ1n) is 12.6. The molecule has 2 amide bonds. The van der Waals surface area contributed by atoms with Crippen molar-refractivity contribution >= 4 is 23.6 Å². The number of nitrogens with zero attached hydrogens (tertiary/aromatic N) is 2. The van der Waals surface area contributed by atoms with Crippen LogP contribution in [0.25, 0.3) is 6.08 Å². The van der Waals surface area contributed by atoms with E-state index in [0.717, 1.165) is 42.9 Å². The molecule has 5 rings (SSSR count). The van der Waals surface area contributed by atoms with Crippen LogP contribution >= 0.6 is 0 Å². The van der Waals surface area contributed by atoms with Gasteiger partial charge in [0, 0.05) is 49.4 Å². The molecular formula is C28H33N3O5. The molecule has 1 saturated carbocycles. The van der Waals surface area contributed by atoms with Crippen molar-refractivity contribution in [2.24, 2.45) is 5.92 Å². The van der Waals surface area contributed by atoms with Crippen LogP contribution in [0.4, 0.5) is 5.69 Å². The Kier molecular flexibility index (Phi) is 7.02. The number of nitrogens with one attached hydrogen (secondary N) is 1. The Bertz CT molecular complexity index is 1140. The van der Waals surface area contributed by atoms with Crippen molar-refractivity contribution < 1.29 is 23.8 Å². The summed E-state index contributed by atoms with van der Waals surface area (Å²) in [5, 5.41) is 3.09. The van der Waals surface area contributed by atoms with Gasteiger partial charge in [0.05, 0.1) is 20.3 Å². The zero-order chi connectivity index (χ0) is 25.1. The first-order valence-corrected chi connectivity index (χ1v) is 12.6. The van der Waals surface area contributed by atoms with Gasteiger partial charge in [-0.05, 0) is 43.5 Å². The van der Waals surface area contributed by atoms with Crippen molar-refractivity contribution in [2.45, 2.75) is 31.4 Å². The van der Waals surface area contributed by atoms with E-state index in [9.17, 15) is 9.59 Å². The second-order valence-corrected chi connectivity index (χ2v) is 9.51. The molecule has 3 fully saturated rings. The van der Waals surface area contributed by atoms with Crippen molar-refractivity contribution in [2.75, 3.05) is 45.3 Å². The predicted octanol–water partition coefficient (Wildman–Crippen LogP) is 3.08. The van der Waals surface area contributed by atoms with E-state index in [4.69, 9.17) is 14.2 Å². The number of benzene rings is 2. The van der Waals surface area contributed by atoms with Gasteiger partial charge in [0.25, 0.3) is 5.91 Å². The lowest BCUT2D eigenvalue weighted by Crippen LogP contribution is -2.56. The third-order valence-corrected chi connectivity index (χ3v) is 7.39. The van der Waals surface area contributed by atoms with Crippen LogP contribution in [0.2, 0.25) is 0 Å². The minimum atomic E-state index is -0.248. The number of methoxy groups -OCH3 is 2. The molecule has 190 valence electrons. The topological polar surface area (TPSA) is 80.3 Å². The fourth-order valence-corrected chi connectivity index (χ4v) is 5.39. The molecule has 2 aromatic rings. The summed E-state index contributed by atoms with van der Waals surface area (Å²) < 4.78 is 16.8. The highest BCUT2D eigenvalue weighted by Gasteiger charge is 2.41. The number of para-hydroxylation sites is 1. The number of ether oxygens (including phenoxy) is 3. The van der Waals surface area contributed by atoms with E-state index in [1.54, 1.807) is 20.3 Å². The van der Waals surface area contributed by atoms with E-state index in [2.05, 4.69) is 16.3 Å². The van der Waals surface area contributed by atoms with E-state index in [-0.39, 0.29) is 29.9 Å². The summed E-state index contributed by atoms with van der Waals surface area (Å²) in [6.45, 7) is 2.95. The fourth-order valence-electron chi connectivity index (χ4n) is 5.39. The molecule has 2 aliphatic heterocycles. The molecule has 1 N–H and O–H groups in total. The van der Waals surface area contributed by atoms with Gasteiger partial charge in [0.2, 0.25) is 5.91 Å². The van der Waals surface area contributed by atoms with Gasteiger partial charge in [-0.1, -0.05) is 24.3 Å². The number of hydrogen-bond donors (Lipinski definition) is 1. The van der Waals surface area contributed by atoms with Gasteiger partial charge in [-0.15, -0.1) is 0 Å². The summed E-state index contributed by atoms with van der Waals surface area (Å²) in [4.78, 5) is 30.4. The number of hydrogen-bond acceptors (Lipinski definition) is 6. The number of amides is 2.